The van der Waals surface area contributed by atoms with E-state index in [1.807, 2.05) is 0 Å². The molecule has 0 aliphatic heterocycles. The van der Waals surface area contributed by atoms with E-state index in [4.69, 9.17) is 0 Å². The molecular formula is C15H13BrF3N. The molecule has 1 atom stereocenters. The lowest BCUT2D eigenvalue weighted by atomic mass is 9.98. The Morgan fingerprint density at radius 2 is 1.75 bits per heavy atom. The van der Waals surface area contributed by atoms with Crippen molar-refractivity contribution >= 4 is 15.9 Å². The number of hydrogen-bond acceptors (Lipinski definition) is 1. The minimum absolute atomic E-state index is 0.0631. The van der Waals surface area contributed by atoms with Gasteiger partial charge < -0.3 is 5.32 Å². The second kappa shape index (κ2) is 6.41. The van der Waals surface area contributed by atoms with Gasteiger partial charge in [0.2, 0.25) is 0 Å². The molecule has 0 aliphatic rings. The summed E-state index contributed by atoms with van der Waals surface area (Å²) in [5.74, 6) is -2.16. The van der Waals surface area contributed by atoms with Crippen LogP contribution in [0.5, 0.6) is 0 Å². The third-order valence-corrected chi connectivity index (χ3v) is 3.98. The molecule has 0 spiro atoms. The molecule has 1 nitrogen and oxygen atoms in total. The lowest BCUT2D eigenvalue weighted by molar-refractivity contribution is 0.493. The first-order valence-corrected chi connectivity index (χ1v) is 6.88. The molecule has 0 heterocycles. The van der Waals surface area contributed by atoms with E-state index in [9.17, 15) is 13.2 Å². The van der Waals surface area contributed by atoms with Crippen molar-refractivity contribution in [1.29, 1.82) is 0 Å². The molecule has 106 valence electrons. The Morgan fingerprint density at radius 1 is 1.05 bits per heavy atom. The second-order valence-corrected chi connectivity index (χ2v) is 5.19. The topological polar surface area (TPSA) is 12.0 Å². The van der Waals surface area contributed by atoms with Gasteiger partial charge in [-0.1, -0.05) is 24.3 Å². The second-order valence-electron chi connectivity index (χ2n) is 4.40. The zero-order valence-electron chi connectivity index (χ0n) is 10.8. The molecule has 0 bridgehead atoms. The fourth-order valence-corrected chi connectivity index (χ4v) is 2.66. The molecule has 0 aromatic heterocycles. The van der Waals surface area contributed by atoms with Gasteiger partial charge in [-0.3, -0.25) is 0 Å². The zero-order valence-corrected chi connectivity index (χ0v) is 12.3. The maximum atomic E-state index is 13.7. The summed E-state index contributed by atoms with van der Waals surface area (Å²) < 4.78 is 40.5. The van der Waals surface area contributed by atoms with Gasteiger partial charge >= 0.3 is 0 Å². The highest BCUT2D eigenvalue weighted by Gasteiger charge is 2.19. The third kappa shape index (κ3) is 3.04. The molecule has 2 aromatic rings. The highest BCUT2D eigenvalue weighted by atomic mass is 79.9. The summed E-state index contributed by atoms with van der Waals surface area (Å²) in [4.78, 5) is 0. The van der Waals surface area contributed by atoms with Crippen LogP contribution in [0.25, 0.3) is 0 Å². The van der Waals surface area contributed by atoms with Crippen LogP contribution in [-0.4, -0.2) is 7.05 Å². The first kappa shape index (κ1) is 15.1. The summed E-state index contributed by atoms with van der Waals surface area (Å²) >= 11 is 3.06. The van der Waals surface area contributed by atoms with Crippen molar-refractivity contribution in [2.45, 2.75) is 12.5 Å². The zero-order chi connectivity index (χ0) is 14.7. The lowest BCUT2D eigenvalue weighted by Crippen LogP contribution is -2.20. The van der Waals surface area contributed by atoms with E-state index in [0.717, 1.165) is 6.07 Å². The fraction of sp³-hybridized carbons (Fsp3) is 0.200. The molecule has 20 heavy (non-hydrogen) atoms. The van der Waals surface area contributed by atoms with Gasteiger partial charge in [-0.2, -0.15) is 0 Å². The molecule has 1 unspecified atom stereocenters. The van der Waals surface area contributed by atoms with Gasteiger partial charge in [0.05, 0.1) is 4.47 Å². The van der Waals surface area contributed by atoms with Gasteiger partial charge in [0.1, 0.15) is 5.82 Å². The minimum Gasteiger partial charge on any atom is -0.313 e. The van der Waals surface area contributed by atoms with Gasteiger partial charge in [0, 0.05) is 6.04 Å². The molecular weight excluding hydrogens is 331 g/mol. The van der Waals surface area contributed by atoms with Crippen molar-refractivity contribution in [2.24, 2.45) is 0 Å². The van der Waals surface area contributed by atoms with Crippen LogP contribution in [0.1, 0.15) is 17.2 Å². The number of halogens is 4. The van der Waals surface area contributed by atoms with Gasteiger partial charge in [0.15, 0.2) is 11.6 Å². The number of nitrogens with one attached hydrogen (secondary N) is 1. The summed E-state index contributed by atoms with van der Waals surface area (Å²) in [7, 11) is 1.69. The van der Waals surface area contributed by atoms with Crippen LogP contribution in [-0.2, 0) is 6.42 Å². The summed E-state index contributed by atoms with van der Waals surface area (Å²) in [6, 6.07) is 8.64. The van der Waals surface area contributed by atoms with Crippen molar-refractivity contribution in [1.82, 2.24) is 5.32 Å². The van der Waals surface area contributed by atoms with Gasteiger partial charge in [-0.25, -0.2) is 13.2 Å². The van der Waals surface area contributed by atoms with Crippen molar-refractivity contribution in [3.05, 3.63) is 69.4 Å². The lowest BCUT2D eigenvalue weighted by Gasteiger charge is -2.19. The SMILES string of the molecule is CNC(Cc1ccccc1F)c1ccc(F)c(F)c1Br. The Labute approximate surface area is 123 Å². The molecule has 0 saturated heterocycles. The molecule has 0 radical (unpaired) electrons. The molecule has 0 saturated carbocycles. The van der Waals surface area contributed by atoms with E-state index < -0.39 is 11.6 Å². The van der Waals surface area contributed by atoms with Crippen LogP contribution in [0, 0.1) is 17.5 Å². The number of likely N-dealkylation sites (N-methyl/N-ethyl adjacent to an activating group) is 1. The van der Waals surface area contributed by atoms with Gasteiger partial charge in [-0.05, 0) is 52.7 Å². The average Bonchev–Trinajstić information content (AvgIpc) is 2.45. The van der Waals surface area contributed by atoms with Gasteiger partial charge in [0.25, 0.3) is 0 Å². The Kier molecular flexibility index (Phi) is 4.83. The Balaban J connectivity index is 2.34. The molecule has 0 amide bonds. The van der Waals surface area contributed by atoms with Crippen molar-refractivity contribution < 1.29 is 13.2 Å². The van der Waals surface area contributed by atoms with Crippen LogP contribution in [0.2, 0.25) is 0 Å². The van der Waals surface area contributed by atoms with Crippen LogP contribution >= 0.6 is 15.9 Å². The van der Waals surface area contributed by atoms with E-state index in [1.165, 1.54) is 12.1 Å². The third-order valence-electron chi connectivity index (χ3n) is 3.17. The van der Waals surface area contributed by atoms with E-state index >= 15 is 0 Å². The Bertz CT molecular complexity index is 616. The van der Waals surface area contributed by atoms with E-state index in [1.54, 1.807) is 25.2 Å². The molecule has 2 rings (SSSR count). The summed E-state index contributed by atoms with van der Waals surface area (Å²) in [5.41, 5.74) is 1.07. The molecule has 2 aromatic carbocycles. The van der Waals surface area contributed by atoms with Crippen LogP contribution in [0.15, 0.2) is 40.9 Å². The molecule has 5 heteroatoms. The van der Waals surface area contributed by atoms with E-state index in [-0.39, 0.29) is 16.3 Å². The molecule has 0 fully saturated rings. The monoisotopic (exact) mass is 343 g/mol. The predicted molar refractivity (Wildman–Crippen MR) is 76.0 cm³/mol. The van der Waals surface area contributed by atoms with E-state index in [0.29, 0.717) is 17.5 Å². The van der Waals surface area contributed by atoms with Crippen molar-refractivity contribution in [3.8, 4) is 0 Å². The standard InChI is InChI=1S/C15H13BrF3N/c1-20-13(8-9-4-2-3-5-11(9)17)10-6-7-12(18)15(19)14(10)16/h2-7,13,20H,8H2,1H3. The highest BCUT2D eigenvalue weighted by Crippen LogP contribution is 2.30. The van der Waals surface area contributed by atoms with Crippen molar-refractivity contribution in [2.75, 3.05) is 7.05 Å². The summed E-state index contributed by atoms with van der Waals surface area (Å²) in [6.45, 7) is 0. The largest absolute Gasteiger partial charge is 0.313 e. The normalized spacial score (nSPS) is 12.4. The Hall–Kier alpha value is -1.33. The van der Waals surface area contributed by atoms with E-state index in [2.05, 4.69) is 21.2 Å². The van der Waals surface area contributed by atoms with Crippen molar-refractivity contribution in [3.63, 3.8) is 0 Å². The van der Waals surface area contributed by atoms with Crippen LogP contribution in [0.3, 0.4) is 0 Å². The maximum absolute atomic E-state index is 13.7. The molecule has 1 N–H and O–H groups in total. The average molecular weight is 344 g/mol. The smallest absolute Gasteiger partial charge is 0.173 e. The summed E-state index contributed by atoms with van der Waals surface area (Å²) in [6.07, 6.45) is 0.340. The highest BCUT2D eigenvalue weighted by molar-refractivity contribution is 9.10. The predicted octanol–water partition coefficient (Wildman–Crippen LogP) is 4.37. The fourth-order valence-electron chi connectivity index (χ4n) is 2.06. The maximum Gasteiger partial charge on any atom is 0.173 e. The van der Waals surface area contributed by atoms with Gasteiger partial charge in [-0.15, -0.1) is 0 Å². The number of benzene rings is 2. The minimum atomic E-state index is -0.934. The Morgan fingerprint density at radius 3 is 2.40 bits per heavy atom. The first-order chi connectivity index (χ1) is 9.54. The quantitative estimate of drug-likeness (QED) is 0.813. The number of hydrogen-bond donors (Lipinski definition) is 1. The number of rotatable bonds is 4. The first-order valence-electron chi connectivity index (χ1n) is 6.08. The van der Waals surface area contributed by atoms with Crippen LogP contribution in [0.4, 0.5) is 13.2 Å². The van der Waals surface area contributed by atoms with Crippen LogP contribution < -0.4 is 5.32 Å². The summed E-state index contributed by atoms with van der Waals surface area (Å²) in [5, 5.41) is 3.00. The molecule has 0 aliphatic carbocycles.